The van der Waals surface area contributed by atoms with Crippen LogP contribution in [-0.4, -0.2) is 35.0 Å². The zero-order chi connectivity index (χ0) is 12.1. The normalized spacial score (nSPS) is 20.0. The highest BCUT2D eigenvalue weighted by Crippen LogP contribution is 2.24. The Morgan fingerprint density at radius 2 is 2.47 bits per heavy atom. The molecular weight excluding hydrogens is 216 g/mol. The van der Waals surface area contributed by atoms with Crippen LogP contribution in [0.3, 0.4) is 0 Å². The van der Waals surface area contributed by atoms with Crippen LogP contribution in [0.4, 0.5) is 5.82 Å². The molecule has 0 radical (unpaired) electrons. The third kappa shape index (κ3) is 2.71. The smallest absolute Gasteiger partial charge is 0.169 e. The third-order valence-corrected chi connectivity index (χ3v) is 3.18. The fourth-order valence-electron chi connectivity index (χ4n) is 2.32. The van der Waals surface area contributed by atoms with Gasteiger partial charge in [0.05, 0.1) is 11.8 Å². The van der Waals surface area contributed by atoms with Crippen molar-refractivity contribution in [3.05, 3.63) is 17.8 Å². The van der Waals surface area contributed by atoms with Gasteiger partial charge >= 0.3 is 0 Å². The average molecular weight is 232 g/mol. The lowest BCUT2D eigenvalue weighted by atomic mass is 9.95. The maximum atomic E-state index is 9.03. The van der Waals surface area contributed by atoms with Crippen LogP contribution in [0.2, 0.25) is 0 Å². The lowest BCUT2D eigenvalue weighted by molar-refractivity contribution is 0.244. The summed E-state index contributed by atoms with van der Waals surface area (Å²) < 4.78 is 0. The molecule has 5 nitrogen and oxygen atoms in total. The Balaban J connectivity index is 2.14. The van der Waals surface area contributed by atoms with E-state index in [4.69, 9.17) is 10.4 Å². The van der Waals surface area contributed by atoms with Crippen molar-refractivity contribution in [2.45, 2.75) is 19.3 Å². The topological polar surface area (TPSA) is 73.0 Å². The number of aromatic nitrogens is 2. The minimum atomic E-state index is 0.226. The standard InChI is InChI=1S/C12H16N4O/c13-8-11-3-5-14-15-12(11)16-6-1-2-10(9-16)4-7-17/h3,5,10,17H,1-2,4,6-7,9H2. The van der Waals surface area contributed by atoms with Crippen LogP contribution in [0, 0.1) is 17.2 Å². The Morgan fingerprint density at radius 3 is 3.24 bits per heavy atom. The molecule has 2 heterocycles. The molecule has 1 aliphatic rings. The third-order valence-electron chi connectivity index (χ3n) is 3.18. The number of anilines is 1. The Labute approximate surface area is 101 Å². The number of hydrogen-bond donors (Lipinski definition) is 1. The van der Waals surface area contributed by atoms with Gasteiger partial charge in [-0.05, 0) is 31.2 Å². The van der Waals surface area contributed by atoms with Crippen molar-refractivity contribution in [1.29, 1.82) is 5.26 Å². The van der Waals surface area contributed by atoms with E-state index in [1.54, 1.807) is 6.07 Å². The van der Waals surface area contributed by atoms with Crippen LogP contribution in [0.25, 0.3) is 0 Å². The van der Waals surface area contributed by atoms with Gasteiger partial charge in [-0.3, -0.25) is 0 Å². The van der Waals surface area contributed by atoms with E-state index in [0.29, 0.717) is 17.3 Å². The highest BCUT2D eigenvalue weighted by molar-refractivity contribution is 5.52. The zero-order valence-electron chi connectivity index (χ0n) is 9.71. The molecule has 0 aromatic carbocycles. The SMILES string of the molecule is N#Cc1ccnnc1N1CCCC(CCO)C1. The summed E-state index contributed by atoms with van der Waals surface area (Å²) in [6.45, 7) is 1.99. The summed E-state index contributed by atoms with van der Waals surface area (Å²) >= 11 is 0. The molecule has 1 atom stereocenters. The van der Waals surface area contributed by atoms with Gasteiger partial charge in [0.25, 0.3) is 0 Å². The van der Waals surface area contributed by atoms with Crippen LogP contribution in [0.5, 0.6) is 0 Å². The second-order valence-corrected chi connectivity index (χ2v) is 4.35. The maximum absolute atomic E-state index is 9.03. The van der Waals surface area contributed by atoms with Gasteiger partial charge in [0.2, 0.25) is 0 Å². The van der Waals surface area contributed by atoms with E-state index in [1.165, 1.54) is 6.20 Å². The Kier molecular flexibility index (Phi) is 3.89. The van der Waals surface area contributed by atoms with E-state index in [0.717, 1.165) is 32.4 Å². The van der Waals surface area contributed by atoms with Gasteiger partial charge in [0, 0.05) is 19.7 Å². The molecule has 1 aliphatic heterocycles. The lowest BCUT2D eigenvalue weighted by Crippen LogP contribution is -2.36. The summed E-state index contributed by atoms with van der Waals surface area (Å²) in [5.74, 6) is 1.17. The summed E-state index contributed by atoms with van der Waals surface area (Å²) in [6.07, 6.45) is 4.57. The van der Waals surface area contributed by atoms with Crippen molar-refractivity contribution >= 4 is 5.82 Å². The minimum Gasteiger partial charge on any atom is -0.396 e. The van der Waals surface area contributed by atoms with E-state index in [2.05, 4.69) is 21.2 Å². The lowest BCUT2D eigenvalue weighted by Gasteiger charge is -2.33. The van der Waals surface area contributed by atoms with Crippen molar-refractivity contribution in [2.24, 2.45) is 5.92 Å². The van der Waals surface area contributed by atoms with Crippen LogP contribution >= 0.6 is 0 Å². The quantitative estimate of drug-likeness (QED) is 0.839. The second kappa shape index (κ2) is 5.60. The highest BCUT2D eigenvalue weighted by atomic mass is 16.3. The first-order valence-electron chi connectivity index (χ1n) is 5.92. The largest absolute Gasteiger partial charge is 0.396 e. The molecule has 0 bridgehead atoms. The van der Waals surface area contributed by atoms with E-state index in [1.807, 2.05) is 0 Å². The summed E-state index contributed by atoms with van der Waals surface area (Å²) in [5, 5.41) is 25.9. The van der Waals surface area contributed by atoms with Crippen molar-refractivity contribution in [2.75, 3.05) is 24.6 Å². The summed E-state index contributed by atoms with van der Waals surface area (Å²) in [6, 6.07) is 3.84. The van der Waals surface area contributed by atoms with Gasteiger partial charge in [-0.1, -0.05) is 0 Å². The van der Waals surface area contributed by atoms with Crippen molar-refractivity contribution in [3.63, 3.8) is 0 Å². The number of aliphatic hydroxyl groups excluding tert-OH is 1. The Bertz CT molecular complexity index is 413. The predicted octanol–water partition coefficient (Wildman–Crippen LogP) is 0.947. The van der Waals surface area contributed by atoms with E-state index < -0.39 is 0 Å². The number of piperidine rings is 1. The number of hydrogen-bond acceptors (Lipinski definition) is 5. The molecule has 1 aromatic heterocycles. The van der Waals surface area contributed by atoms with Gasteiger partial charge in [-0.15, -0.1) is 5.10 Å². The van der Waals surface area contributed by atoms with Crippen LogP contribution in [0.15, 0.2) is 12.3 Å². The predicted molar refractivity (Wildman–Crippen MR) is 63.4 cm³/mol. The molecule has 0 spiro atoms. The highest BCUT2D eigenvalue weighted by Gasteiger charge is 2.22. The number of nitrogens with zero attached hydrogens (tertiary/aromatic N) is 4. The summed E-state index contributed by atoms with van der Waals surface area (Å²) in [5.41, 5.74) is 0.574. The average Bonchev–Trinajstić information content (AvgIpc) is 2.39. The summed E-state index contributed by atoms with van der Waals surface area (Å²) in [4.78, 5) is 2.11. The Hall–Kier alpha value is -1.67. The second-order valence-electron chi connectivity index (χ2n) is 4.35. The molecule has 1 aromatic rings. The molecule has 0 aliphatic carbocycles. The van der Waals surface area contributed by atoms with Gasteiger partial charge < -0.3 is 10.0 Å². The van der Waals surface area contributed by atoms with E-state index >= 15 is 0 Å². The summed E-state index contributed by atoms with van der Waals surface area (Å²) in [7, 11) is 0. The first-order valence-corrected chi connectivity index (χ1v) is 5.92. The monoisotopic (exact) mass is 232 g/mol. The molecule has 1 N–H and O–H groups in total. The molecule has 0 saturated carbocycles. The molecule has 1 unspecified atom stereocenters. The number of rotatable bonds is 3. The molecule has 0 amide bonds. The van der Waals surface area contributed by atoms with Crippen molar-refractivity contribution in [3.8, 4) is 6.07 Å². The van der Waals surface area contributed by atoms with Crippen LogP contribution in [-0.2, 0) is 0 Å². The minimum absolute atomic E-state index is 0.226. The van der Waals surface area contributed by atoms with Gasteiger partial charge in [-0.2, -0.15) is 10.4 Å². The zero-order valence-corrected chi connectivity index (χ0v) is 9.71. The molecule has 1 fully saturated rings. The fraction of sp³-hybridized carbons (Fsp3) is 0.583. The van der Waals surface area contributed by atoms with Gasteiger partial charge in [0.1, 0.15) is 6.07 Å². The van der Waals surface area contributed by atoms with Crippen LogP contribution < -0.4 is 4.90 Å². The molecular formula is C12H16N4O. The number of nitriles is 1. The first kappa shape index (κ1) is 11.8. The van der Waals surface area contributed by atoms with Crippen molar-refractivity contribution in [1.82, 2.24) is 10.2 Å². The van der Waals surface area contributed by atoms with Crippen molar-refractivity contribution < 1.29 is 5.11 Å². The van der Waals surface area contributed by atoms with Crippen LogP contribution in [0.1, 0.15) is 24.8 Å². The first-order chi connectivity index (χ1) is 8.35. The Morgan fingerprint density at radius 1 is 1.59 bits per heavy atom. The maximum Gasteiger partial charge on any atom is 0.169 e. The fourth-order valence-corrected chi connectivity index (χ4v) is 2.32. The van der Waals surface area contributed by atoms with Gasteiger partial charge in [0.15, 0.2) is 5.82 Å². The molecule has 90 valence electrons. The van der Waals surface area contributed by atoms with E-state index in [-0.39, 0.29) is 6.61 Å². The molecule has 1 saturated heterocycles. The molecule has 17 heavy (non-hydrogen) atoms. The molecule has 2 rings (SSSR count). The van der Waals surface area contributed by atoms with Gasteiger partial charge in [-0.25, -0.2) is 0 Å². The molecule has 5 heteroatoms. The number of aliphatic hydroxyl groups is 1. The van der Waals surface area contributed by atoms with E-state index in [9.17, 15) is 0 Å².